The Hall–Kier alpha value is -2.02. The predicted molar refractivity (Wildman–Crippen MR) is 93.8 cm³/mol. The van der Waals surface area contributed by atoms with Gasteiger partial charge in [0.2, 0.25) is 0 Å². The molecule has 26 heavy (non-hydrogen) atoms. The van der Waals surface area contributed by atoms with Crippen LogP contribution in [0, 0.1) is 6.92 Å². The van der Waals surface area contributed by atoms with E-state index in [0.717, 1.165) is 23.3 Å². The van der Waals surface area contributed by atoms with Gasteiger partial charge >= 0.3 is 12.4 Å². The molecule has 0 saturated carbocycles. The van der Waals surface area contributed by atoms with Crippen LogP contribution in [0.3, 0.4) is 0 Å². The predicted octanol–water partition coefficient (Wildman–Crippen LogP) is 6.20. The molecule has 7 heteroatoms. The molecular formula is C19H18F6Si. The van der Waals surface area contributed by atoms with Gasteiger partial charge in [0.25, 0.3) is 0 Å². The van der Waals surface area contributed by atoms with Crippen molar-refractivity contribution in [3.8, 4) is 0 Å². The molecule has 2 rings (SSSR count). The number of rotatable bonds is 3. The van der Waals surface area contributed by atoms with Gasteiger partial charge in [-0.25, -0.2) is 0 Å². The van der Waals surface area contributed by atoms with Gasteiger partial charge in [-0.1, -0.05) is 72.0 Å². The zero-order valence-electron chi connectivity index (χ0n) is 14.5. The zero-order chi connectivity index (χ0) is 19.8. The minimum absolute atomic E-state index is 0.0861. The molecule has 0 aliphatic carbocycles. The summed E-state index contributed by atoms with van der Waals surface area (Å²) in [6.07, 6.45) is -7.92. The van der Waals surface area contributed by atoms with Crippen LogP contribution in [0.5, 0.6) is 0 Å². The third-order valence-corrected chi connectivity index (χ3v) is 6.88. The quantitative estimate of drug-likeness (QED) is 0.434. The second kappa shape index (κ2) is 6.94. The van der Waals surface area contributed by atoms with Crippen LogP contribution in [0.15, 0.2) is 48.2 Å². The zero-order valence-corrected chi connectivity index (χ0v) is 15.5. The maximum atomic E-state index is 13.0. The van der Waals surface area contributed by atoms with Gasteiger partial charge in [-0.2, -0.15) is 26.3 Å². The third-order valence-electron chi connectivity index (χ3n) is 4.10. The first-order valence-corrected chi connectivity index (χ1v) is 10.9. The largest absolute Gasteiger partial charge is 0.416 e. The Morgan fingerprint density at radius 2 is 1.23 bits per heavy atom. The molecule has 140 valence electrons. The van der Waals surface area contributed by atoms with Crippen molar-refractivity contribution in [2.45, 2.75) is 32.4 Å². The smallest absolute Gasteiger partial charge is 0.166 e. The van der Waals surface area contributed by atoms with Crippen LogP contribution in [0.25, 0.3) is 6.08 Å². The van der Waals surface area contributed by atoms with Gasteiger partial charge < -0.3 is 0 Å². The average Bonchev–Trinajstić information content (AvgIpc) is 2.52. The normalized spacial score (nSPS) is 13.4. The Bertz CT molecular complexity index is 766. The third kappa shape index (κ3) is 5.00. The highest BCUT2D eigenvalue weighted by Crippen LogP contribution is 2.35. The molecule has 0 amide bonds. The summed E-state index contributed by atoms with van der Waals surface area (Å²) in [7, 11) is -2.68. The Morgan fingerprint density at radius 3 is 1.65 bits per heavy atom. The van der Waals surface area contributed by atoms with Gasteiger partial charge in [-0.05, 0) is 18.6 Å². The van der Waals surface area contributed by atoms with E-state index in [9.17, 15) is 26.3 Å². The number of halogens is 6. The molecule has 0 unspecified atom stereocenters. The fraction of sp³-hybridized carbons (Fsp3) is 0.263. The summed E-state index contributed by atoms with van der Waals surface area (Å²) < 4.78 is 78.3. The number of hydrogen-bond acceptors (Lipinski definition) is 0. The molecule has 2 aromatic rings. The molecule has 0 fully saturated rings. The Morgan fingerprint density at radius 1 is 0.769 bits per heavy atom. The molecule has 0 nitrogen and oxygen atoms in total. The molecule has 0 atom stereocenters. The van der Waals surface area contributed by atoms with E-state index >= 15 is 0 Å². The molecule has 0 heterocycles. The van der Waals surface area contributed by atoms with Crippen molar-refractivity contribution in [3.63, 3.8) is 0 Å². The van der Waals surface area contributed by atoms with E-state index in [1.165, 1.54) is 0 Å². The molecule has 2 aromatic carbocycles. The minimum Gasteiger partial charge on any atom is -0.166 e. The number of benzene rings is 2. The molecule has 0 aliphatic rings. The van der Waals surface area contributed by atoms with Gasteiger partial charge in [0.1, 0.15) is 8.07 Å². The summed E-state index contributed by atoms with van der Waals surface area (Å²) >= 11 is 0. The van der Waals surface area contributed by atoms with Crippen LogP contribution < -0.4 is 5.19 Å². The lowest BCUT2D eigenvalue weighted by atomic mass is 10.1. The summed E-state index contributed by atoms with van der Waals surface area (Å²) in [4.78, 5) is 0. The highest BCUT2D eigenvalue weighted by atomic mass is 28.3. The summed E-state index contributed by atoms with van der Waals surface area (Å²) in [5.74, 6) is 0. The second-order valence-corrected chi connectivity index (χ2v) is 11.1. The molecule has 0 radical (unpaired) electrons. The van der Waals surface area contributed by atoms with Crippen molar-refractivity contribution in [2.75, 3.05) is 0 Å². The van der Waals surface area contributed by atoms with Crippen LogP contribution in [0.2, 0.25) is 13.1 Å². The highest BCUT2D eigenvalue weighted by molar-refractivity contribution is 6.94. The van der Waals surface area contributed by atoms with Crippen molar-refractivity contribution >= 4 is 19.3 Å². The van der Waals surface area contributed by atoms with Crippen molar-refractivity contribution in [1.82, 2.24) is 0 Å². The van der Waals surface area contributed by atoms with E-state index in [1.54, 1.807) is 24.9 Å². The summed E-state index contributed by atoms with van der Waals surface area (Å²) in [6, 6.07) is 9.31. The molecule has 0 aliphatic heterocycles. The van der Waals surface area contributed by atoms with Crippen molar-refractivity contribution in [3.05, 3.63) is 70.4 Å². The van der Waals surface area contributed by atoms with E-state index < -0.39 is 31.6 Å². The topological polar surface area (TPSA) is 0 Å². The van der Waals surface area contributed by atoms with Crippen LogP contribution in [-0.2, 0) is 12.4 Å². The fourth-order valence-corrected chi connectivity index (χ4v) is 4.26. The first-order chi connectivity index (χ1) is 11.8. The molecule has 0 spiro atoms. The average molecular weight is 388 g/mol. The summed E-state index contributed by atoms with van der Waals surface area (Å²) in [5.41, 5.74) is 1.11. The summed E-state index contributed by atoms with van der Waals surface area (Å²) in [5, 5.41) is 0.0861. The van der Waals surface area contributed by atoms with Crippen LogP contribution in [0.4, 0.5) is 26.3 Å². The maximum absolute atomic E-state index is 13.0. The maximum Gasteiger partial charge on any atom is 0.416 e. The first-order valence-electron chi connectivity index (χ1n) is 7.85. The molecule has 0 saturated heterocycles. The Labute approximate surface area is 149 Å². The second-order valence-electron chi connectivity index (χ2n) is 6.76. The van der Waals surface area contributed by atoms with Gasteiger partial charge in [0.05, 0.1) is 11.1 Å². The number of hydrogen-bond donors (Lipinski definition) is 0. The van der Waals surface area contributed by atoms with E-state index in [2.05, 4.69) is 0 Å². The lowest BCUT2D eigenvalue weighted by molar-refractivity contribution is -0.142. The van der Waals surface area contributed by atoms with Crippen LogP contribution >= 0.6 is 0 Å². The van der Waals surface area contributed by atoms with E-state index in [-0.39, 0.29) is 11.3 Å². The molecular weight excluding hydrogens is 370 g/mol. The van der Waals surface area contributed by atoms with Crippen molar-refractivity contribution in [1.29, 1.82) is 0 Å². The van der Waals surface area contributed by atoms with Gasteiger partial charge in [-0.15, -0.1) is 0 Å². The first kappa shape index (κ1) is 20.3. The van der Waals surface area contributed by atoms with Crippen LogP contribution in [-0.4, -0.2) is 8.07 Å². The van der Waals surface area contributed by atoms with E-state index in [4.69, 9.17) is 0 Å². The SMILES string of the molecule is Cc1ccc(/C=C/[Si](C)(C)c2cc(C(F)(F)F)cc(C(F)(F)F)c2)cc1. The lowest BCUT2D eigenvalue weighted by Crippen LogP contribution is -2.40. The van der Waals surface area contributed by atoms with Gasteiger partial charge in [0, 0.05) is 0 Å². The molecule has 0 N–H and O–H groups in total. The van der Waals surface area contributed by atoms with E-state index in [1.807, 2.05) is 31.2 Å². The fourth-order valence-electron chi connectivity index (χ4n) is 2.41. The van der Waals surface area contributed by atoms with Gasteiger partial charge in [-0.3, -0.25) is 0 Å². The van der Waals surface area contributed by atoms with E-state index in [0.29, 0.717) is 0 Å². The minimum atomic E-state index is -4.83. The molecule has 0 aromatic heterocycles. The Balaban J connectivity index is 2.48. The molecule has 0 bridgehead atoms. The monoisotopic (exact) mass is 388 g/mol. The van der Waals surface area contributed by atoms with Crippen molar-refractivity contribution in [2.24, 2.45) is 0 Å². The highest BCUT2D eigenvalue weighted by Gasteiger charge is 2.38. The number of alkyl halides is 6. The van der Waals surface area contributed by atoms with Gasteiger partial charge in [0.15, 0.2) is 0 Å². The Kier molecular flexibility index (Phi) is 5.42. The number of aryl methyl sites for hydroxylation is 1. The lowest BCUT2D eigenvalue weighted by Gasteiger charge is -2.22. The summed E-state index contributed by atoms with van der Waals surface area (Å²) in [6.45, 7) is 5.36. The van der Waals surface area contributed by atoms with Crippen molar-refractivity contribution < 1.29 is 26.3 Å². The standard InChI is InChI=1S/C19H18F6Si/c1-13-4-6-14(7-5-13)8-9-26(2,3)17-11-15(18(20,21)22)10-16(12-17)19(23,24)25/h4-12H,1-3H3/b9-8+. The van der Waals surface area contributed by atoms with Crippen LogP contribution in [0.1, 0.15) is 22.3 Å².